The molecule has 88 valence electrons. The van der Waals surface area contributed by atoms with Gasteiger partial charge in [-0.3, -0.25) is 0 Å². The average Bonchev–Trinajstić information content (AvgIpc) is 2.33. The highest BCUT2D eigenvalue weighted by Crippen LogP contribution is 2.26. The van der Waals surface area contributed by atoms with Crippen molar-refractivity contribution in [3.8, 4) is 0 Å². The molecule has 0 bridgehead atoms. The Labute approximate surface area is 117 Å². The van der Waals surface area contributed by atoms with Crippen molar-refractivity contribution in [2.75, 3.05) is 10.7 Å². The van der Waals surface area contributed by atoms with Crippen molar-refractivity contribution in [3.63, 3.8) is 0 Å². The molecule has 0 radical (unpaired) electrons. The number of nitrogens with two attached hydrogens (primary N) is 1. The van der Waals surface area contributed by atoms with E-state index in [1.54, 1.807) is 6.07 Å². The molecule has 5 nitrogen and oxygen atoms in total. The summed E-state index contributed by atoms with van der Waals surface area (Å²) in [6, 6.07) is 7.40. The maximum Gasteiger partial charge on any atom is 0.145 e. The van der Waals surface area contributed by atoms with Gasteiger partial charge in [-0.15, -0.1) is 0 Å². The van der Waals surface area contributed by atoms with Gasteiger partial charge in [-0.25, -0.2) is 15.8 Å². The Morgan fingerprint density at radius 3 is 2.65 bits per heavy atom. The first kappa shape index (κ1) is 12.3. The highest BCUT2D eigenvalue weighted by molar-refractivity contribution is 14.1. The second-order valence-corrected chi connectivity index (χ2v) is 4.83. The minimum atomic E-state index is 0.532. The van der Waals surface area contributed by atoms with E-state index in [-0.39, 0.29) is 0 Å². The van der Waals surface area contributed by atoms with Crippen molar-refractivity contribution < 1.29 is 0 Å². The number of anilines is 3. The van der Waals surface area contributed by atoms with E-state index in [1.807, 2.05) is 18.2 Å². The van der Waals surface area contributed by atoms with Gasteiger partial charge in [-0.05, 0) is 40.8 Å². The van der Waals surface area contributed by atoms with Crippen LogP contribution in [0.1, 0.15) is 0 Å². The minimum Gasteiger partial charge on any atom is -0.339 e. The molecule has 0 aliphatic rings. The first-order valence-corrected chi connectivity index (χ1v) is 6.15. The van der Waals surface area contributed by atoms with E-state index in [2.05, 4.69) is 43.3 Å². The fourth-order valence-corrected chi connectivity index (χ4v) is 2.14. The summed E-state index contributed by atoms with van der Waals surface area (Å²) in [5, 5.41) is 3.73. The summed E-state index contributed by atoms with van der Waals surface area (Å²) in [6.45, 7) is 0. The molecule has 0 saturated heterocycles. The normalized spacial score (nSPS) is 10.1. The van der Waals surface area contributed by atoms with E-state index >= 15 is 0 Å². The third-order valence-electron chi connectivity index (χ3n) is 2.01. The molecular formula is C10H9ClIN5. The SMILES string of the molecule is NNc1cc(Nc2ccc(I)cc2Cl)ncn1. The molecule has 7 heteroatoms. The van der Waals surface area contributed by atoms with Gasteiger partial charge >= 0.3 is 0 Å². The van der Waals surface area contributed by atoms with Crippen molar-refractivity contribution >= 4 is 51.5 Å². The third kappa shape index (κ3) is 3.18. The van der Waals surface area contributed by atoms with Crippen LogP contribution in [-0.2, 0) is 0 Å². The molecule has 0 fully saturated rings. The first-order chi connectivity index (χ1) is 8.19. The van der Waals surface area contributed by atoms with Gasteiger partial charge in [0.15, 0.2) is 0 Å². The summed E-state index contributed by atoms with van der Waals surface area (Å²) < 4.78 is 1.07. The topological polar surface area (TPSA) is 75.9 Å². The zero-order valence-corrected chi connectivity index (χ0v) is 11.5. The lowest BCUT2D eigenvalue weighted by Crippen LogP contribution is -2.09. The Balaban J connectivity index is 2.25. The van der Waals surface area contributed by atoms with Crippen molar-refractivity contribution in [1.82, 2.24) is 9.97 Å². The molecule has 2 aromatic rings. The van der Waals surface area contributed by atoms with Crippen LogP contribution < -0.4 is 16.6 Å². The number of nitrogen functional groups attached to an aromatic ring is 1. The summed E-state index contributed by atoms with van der Waals surface area (Å²) in [5.41, 5.74) is 3.24. The predicted octanol–water partition coefficient (Wildman–Crippen LogP) is 2.76. The molecule has 0 aliphatic carbocycles. The van der Waals surface area contributed by atoms with Crippen LogP contribution in [0.2, 0.25) is 5.02 Å². The van der Waals surface area contributed by atoms with Crippen LogP contribution >= 0.6 is 34.2 Å². The molecule has 17 heavy (non-hydrogen) atoms. The van der Waals surface area contributed by atoms with Crippen molar-refractivity contribution in [3.05, 3.63) is 39.2 Å². The lowest BCUT2D eigenvalue weighted by molar-refractivity contribution is 1.14. The number of hydrogen-bond donors (Lipinski definition) is 3. The third-order valence-corrected chi connectivity index (χ3v) is 2.99. The summed E-state index contributed by atoms with van der Waals surface area (Å²) >= 11 is 8.30. The Kier molecular flexibility index (Phi) is 3.97. The molecule has 1 heterocycles. The lowest BCUT2D eigenvalue weighted by atomic mass is 10.3. The summed E-state index contributed by atoms with van der Waals surface area (Å²) in [4.78, 5) is 7.98. The van der Waals surface area contributed by atoms with Crippen LogP contribution in [-0.4, -0.2) is 9.97 Å². The fraction of sp³-hybridized carbons (Fsp3) is 0. The van der Waals surface area contributed by atoms with E-state index in [1.165, 1.54) is 6.33 Å². The van der Waals surface area contributed by atoms with Gasteiger partial charge < -0.3 is 10.7 Å². The van der Waals surface area contributed by atoms with Crippen LogP contribution in [0.15, 0.2) is 30.6 Å². The zero-order valence-electron chi connectivity index (χ0n) is 8.61. The number of hydrazine groups is 1. The maximum atomic E-state index is 6.10. The molecule has 1 aromatic carbocycles. The van der Waals surface area contributed by atoms with Crippen LogP contribution in [0.4, 0.5) is 17.3 Å². The molecule has 0 atom stereocenters. The van der Waals surface area contributed by atoms with Crippen LogP contribution in [0.25, 0.3) is 0 Å². The zero-order chi connectivity index (χ0) is 12.3. The number of nitrogens with zero attached hydrogens (tertiary/aromatic N) is 2. The average molecular weight is 362 g/mol. The van der Waals surface area contributed by atoms with E-state index in [0.29, 0.717) is 16.7 Å². The maximum absolute atomic E-state index is 6.10. The fourth-order valence-electron chi connectivity index (χ4n) is 1.23. The Hall–Kier alpha value is -1.12. The number of nitrogens with one attached hydrogen (secondary N) is 2. The van der Waals surface area contributed by atoms with Crippen molar-refractivity contribution in [2.24, 2.45) is 5.84 Å². The monoisotopic (exact) mass is 361 g/mol. The second kappa shape index (κ2) is 5.48. The number of halogens is 2. The van der Waals surface area contributed by atoms with Gasteiger partial charge in [0.2, 0.25) is 0 Å². The lowest BCUT2D eigenvalue weighted by Gasteiger charge is -2.08. The van der Waals surface area contributed by atoms with Gasteiger partial charge in [0.05, 0.1) is 10.7 Å². The smallest absolute Gasteiger partial charge is 0.145 e. The highest BCUT2D eigenvalue weighted by atomic mass is 127. The molecule has 0 aliphatic heterocycles. The molecular weight excluding hydrogens is 353 g/mol. The quantitative estimate of drug-likeness (QED) is 0.445. The molecule has 0 amide bonds. The van der Waals surface area contributed by atoms with E-state index in [9.17, 15) is 0 Å². The van der Waals surface area contributed by atoms with Gasteiger partial charge in [0.1, 0.15) is 18.0 Å². The summed E-state index contributed by atoms with van der Waals surface area (Å²) in [6.07, 6.45) is 1.41. The Bertz CT molecular complexity index is 534. The predicted molar refractivity (Wildman–Crippen MR) is 77.3 cm³/mol. The molecule has 4 N–H and O–H groups in total. The van der Waals surface area contributed by atoms with Crippen molar-refractivity contribution in [1.29, 1.82) is 0 Å². The van der Waals surface area contributed by atoms with E-state index < -0.39 is 0 Å². The van der Waals surface area contributed by atoms with E-state index in [4.69, 9.17) is 17.4 Å². The van der Waals surface area contributed by atoms with Gasteiger partial charge in [-0.1, -0.05) is 11.6 Å². The molecule has 0 saturated carbocycles. The number of benzene rings is 1. The molecule has 2 rings (SSSR count). The number of aromatic nitrogens is 2. The molecule has 1 aromatic heterocycles. The molecule has 0 unspecified atom stereocenters. The van der Waals surface area contributed by atoms with Crippen LogP contribution in [0, 0.1) is 3.57 Å². The van der Waals surface area contributed by atoms with Crippen LogP contribution in [0.3, 0.4) is 0 Å². The van der Waals surface area contributed by atoms with Crippen molar-refractivity contribution in [2.45, 2.75) is 0 Å². The van der Waals surface area contributed by atoms with E-state index in [0.717, 1.165) is 9.26 Å². The Morgan fingerprint density at radius 2 is 1.94 bits per heavy atom. The largest absolute Gasteiger partial charge is 0.339 e. The second-order valence-electron chi connectivity index (χ2n) is 3.18. The van der Waals surface area contributed by atoms with Crippen LogP contribution in [0.5, 0.6) is 0 Å². The summed E-state index contributed by atoms with van der Waals surface area (Å²) in [5.74, 6) is 6.42. The molecule has 0 spiro atoms. The van der Waals surface area contributed by atoms with Gasteiger partial charge in [-0.2, -0.15) is 0 Å². The van der Waals surface area contributed by atoms with Gasteiger partial charge in [0.25, 0.3) is 0 Å². The highest BCUT2D eigenvalue weighted by Gasteiger charge is 2.03. The van der Waals surface area contributed by atoms with Gasteiger partial charge in [0, 0.05) is 9.64 Å². The number of rotatable bonds is 3. The standard InChI is InChI=1S/C10H9ClIN5/c11-7-3-6(12)1-2-8(7)16-9-4-10(17-13)15-5-14-9/h1-5H,13H2,(H2,14,15,16,17). The number of hydrogen-bond acceptors (Lipinski definition) is 5. The summed E-state index contributed by atoms with van der Waals surface area (Å²) in [7, 11) is 0. The Morgan fingerprint density at radius 1 is 1.18 bits per heavy atom. The first-order valence-electron chi connectivity index (χ1n) is 4.70. The minimum absolute atomic E-state index is 0.532.